The number of rotatable bonds is 6. The van der Waals surface area contributed by atoms with Crippen LogP contribution in [0.2, 0.25) is 0 Å². The molecule has 2 nitrogen and oxygen atoms in total. The fraction of sp³-hybridized carbons (Fsp3) is 0.375. The highest BCUT2D eigenvalue weighted by Gasteiger charge is 2.38. The van der Waals surface area contributed by atoms with Gasteiger partial charge in [0.15, 0.2) is 0 Å². The molecule has 2 aromatic carbocycles. The molecule has 1 aliphatic rings. The summed E-state index contributed by atoms with van der Waals surface area (Å²) < 4.78 is 75.3. The Balaban J connectivity index is 1.74. The van der Waals surface area contributed by atoms with Crippen LogP contribution in [0.4, 0.5) is 22.0 Å². The molecule has 0 heterocycles. The maximum Gasteiger partial charge on any atom is 0.429 e. The van der Waals surface area contributed by atoms with Crippen LogP contribution in [0, 0.1) is 34.7 Å². The molecule has 0 unspecified atom stereocenters. The number of alkyl halides is 2. The minimum Gasteiger partial charge on any atom is -0.429 e. The molecule has 0 radical (unpaired) electrons. The van der Waals surface area contributed by atoms with Crippen LogP contribution in [0.5, 0.6) is 5.75 Å². The highest BCUT2D eigenvalue weighted by Crippen LogP contribution is 2.40. The molecule has 3 rings (SSSR count). The van der Waals surface area contributed by atoms with E-state index in [1.807, 2.05) is 13.0 Å². The van der Waals surface area contributed by atoms with Crippen LogP contribution in [-0.4, -0.2) is 0 Å². The number of nitrogens with zero attached hydrogens (tertiary/aromatic N) is 1. The van der Waals surface area contributed by atoms with Crippen LogP contribution in [0.15, 0.2) is 42.5 Å². The zero-order valence-electron chi connectivity index (χ0n) is 17.0. The highest BCUT2D eigenvalue weighted by atomic mass is 19.3. The third kappa shape index (κ3) is 5.25. The molecule has 0 saturated heterocycles. The van der Waals surface area contributed by atoms with E-state index < -0.39 is 40.4 Å². The third-order valence-corrected chi connectivity index (χ3v) is 5.70. The van der Waals surface area contributed by atoms with Crippen molar-refractivity contribution in [2.75, 3.05) is 0 Å². The summed E-state index contributed by atoms with van der Waals surface area (Å²) in [5.74, 6) is -3.98. The standard InChI is InChI=1S/C24H22F5NO/c1-2-3-4-15-5-7-16(8-6-15)17-9-10-20(23(27)11-17)24(28,29)31-18-12-21(25)19(14-30)22(26)13-18/h2-3,9-13,15-16H,4-8H2,1H3/b3-2+. The maximum atomic E-state index is 14.6. The molecule has 0 spiro atoms. The van der Waals surface area contributed by atoms with Crippen LogP contribution in [0.3, 0.4) is 0 Å². The molecule has 0 aromatic heterocycles. The van der Waals surface area contributed by atoms with Gasteiger partial charge in [0.05, 0.1) is 5.56 Å². The van der Waals surface area contributed by atoms with E-state index in [2.05, 4.69) is 10.8 Å². The first kappa shape index (κ1) is 22.8. The quantitative estimate of drug-likeness (QED) is 0.351. The van der Waals surface area contributed by atoms with Crippen molar-refractivity contribution < 1.29 is 26.7 Å². The van der Waals surface area contributed by atoms with E-state index in [0.29, 0.717) is 23.6 Å². The van der Waals surface area contributed by atoms with Crippen molar-refractivity contribution in [3.05, 3.63) is 76.6 Å². The minimum absolute atomic E-state index is 0.0988. The molecular formula is C24H22F5NO. The second-order valence-corrected chi connectivity index (χ2v) is 7.75. The van der Waals surface area contributed by atoms with Gasteiger partial charge >= 0.3 is 6.11 Å². The summed E-state index contributed by atoms with van der Waals surface area (Å²) >= 11 is 0. The van der Waals surface area contributed by atoms with Crippen molar-refractivity contribution in [3.63, 3.8) is 0 Å². The van der Waals surface area contributed by atoms with E-state index in [4.69, 9.17) is 5.26 Å². The molecule has 1 fully saturated rings. The summed E-state index contributed by atoms with van der Waals surface area (Å²) in [7, 11) is 0. The molecule has 1 saturated carbocycles. The molecule has 164 valence electrons. The van der Waals surface area contributed by atoms with Gasteiger partial charge in [-0.05, 0) is 68.6 Å². The summed E-state index contributed by atoms with van der Waals surface area (Å²) in [4.78, 5) is 0. The average molecular weight is 435 g/mol. The fourth-order valence-corrected chi connectivity index (χ4v) is 4.00. The second kappa shape index (κ2) is 9.51. The minimum atomic E-state index is -4.15. The van der Waals surface area contributed by atoms with Crippen molar-refractivity contribution in [3.8, 4) is 11.8 Å². The molecular weight excluding hydrogens is 413 g/mol. The van der Waals surface area contributed by atoms with E-state index in [9.17, 15) is 22.0 Å². The van der Waals surface area contributed by atoms with Gasteiger partial charge in [0.1, 0.15) is 34.8 Å². The van der Waals surface area contributed by atoms with Crippen molar-refractivity contribution in [1.82, 2.24) is 0 Å². The van der Waals surface area contributed by atoms with Gasteiger partial charge in [0.25, 0.3) is 0 Å². The third-order valence-electron chi connectivity index (χ3n) is 5.70. The van der Waals surface area contributed by atoms with Gasteiger partial charge in [-0.2, -0.15) is 14.0 Å². The monoisotopic (exact) mass is 435 g/mol. The van der Waals surface area contributed by atoms with Gasteiger partial charge in [-0.1, -0.05) is 18.2 Å². The van der Waals surface area contributed by atoms with E-state index >= 15 is 0 Å². The zero-order chi connectivity index (χ0) is 22.6. The van der Waals surface area contributed by atoms with Crippen molar-refractivity contribution in [2.45, 2.75) is 51.1 Å². The largest absolute Gasteiger partial charge is 0.429 e. The van der Waals surface area contributed by atoms with Crippen LogP contribution < -0.4 is 4.74 Å². The smallest absolute Gasteiger partial charge is 0.429 e. The lowest BCUT2D eigenvalue weighted by molar-refractivity contribution is -0.187. The zero-order valence-corrected chi connectivity index (χ0v) is 17.0. The molecule has 0 aliphatic heterocycles. The first-order valence-electron chi connectivity index (χ1n) is 10.1. The predicted molar refractivity (Wildman–Crippen MR) is 106 cm³/mol. The fourth-order valence-electron chi connectivity index (χ4n) is 4.00. The van der Waals surface area contributed by atoms with Gasteiger partial charge < -0.3 is 4.74 Å². The highest BCUT2D eigenvalue weighted by molar-refractivity contribution is 5.38. The molecule has 7 heteroatoms. The number of allylic oxidation sites excluding steroid dienone is 2. The Morgan fingerprint density at radius 3 is 2.23 bits per heavy atom. The van der Waals surface area contributed by atoms with Crippen LogP contribution in [0.1, 0.15) is 61.6 Å². The molecule has 1 aliphatic carbocycles. The van der Waals surface area contributed by atoms with Crippen LogP contribution >= 0.6 is 0 Å². The normalized spacial score (nSPS) is 19.4. The summed E-state index contributed by atoms with van der Waals surface area (Å²) in [5, 5.41) is 8.65. The Kier molecular flexibility index (Phi) is 6.99. The van der Waals surface area contributed by atoms with Gasteiger partial charge in [-0.25, -0.2) is 13.2 Å². The van der Waals surface area contributed by atoms with Gasteiger partial charge in [-0.15, -0.1) is 0 Å². The number of nitriles is 1. The molecule has 2 aromatic rings. The van der Waals surface area contributed by atoms with Gasteiger partial charge in [0, 0.05) is 12.1 Å². The first-order chi connectivity index (χ1) is 14.7. The Labute approximate surface area is 178 Å². The molecule has 0 amide bonds. The van der Waals surface area contributed by atoms with Crippen molar-refractivity contribution in [1.29, 1.82) is 5.26 Å². The van der Waals surface area contributed by atoms with E-state index in [0.717, 1.165) is 44.2 Å². The molecule has 0 N–H and O–H groups in total. The lowest BCUT2D eigenvalue weighted by atomic mass is 9.77. The average Bonchev–Trinajstić information content (AvgIpc) is 2.72. The van der Waals surface area contributed by atoms with Gasteiger partial charge in [0.2, 0.25) is 0 Å². The lowest BCUT2D eigenvalue weighted by Gasteiger charge is -2.28. The number of hydrogen-bond acceptors (Lipinski definition) is 2. The number of halogens is 5. The van der Waals surface area contributed by atoms with Crippen LogP contribution in [0.25, 0.3) is 0 Å². The van der Waals surface area contributed by atoms with E-state index in [1.165, 1.54) is 12.1 Å². The second-order valence-electron chi connectivity index (χ2n) is 7.75. The summed E-state index contributed by atoms with van der Waals surface area (Å²) in [6.45, 7) is 1.98. The maximum absolute atomic E-state index is 14.6. The summed E-state index contributed by atoms with van der Waals surface area (Å²) in [6, 6.07) is 5.71. The van der Waals surface area contributed by atoms with E-state index in [1.54, 1.807) is 0 Å². The predicted octanol–water partition coefficient (Wildman–Crippen LogP) is 7.34. The lowest BCUT2D eigenvalue weighted by Crippen LogP contribution is -2.24. The Morgan fingerprint density at radius 1 is 1.03 bits per heavy atom. The summed E-state index contributed by atoms with van der Waals surface area (Å²) in [6.07, 6.45) is 4.71. The Hall–Kier alpha value is -2.88. The summed E-state index contributed by atoms with van der Waals surface area (Å²) in [5.41, 5.74) is -1.29. The molecule has 0 atom stereocenters. The van der Waals surface area contributed by atoms with Crippen molar-refractivity contribution in [2.24, 2.45) is 5.92 Å². The Morgan fingerprint density at radius 2 is 1.68 bits per heavy atom. The number of benzene rings is 2. The SMILES string of the molecule is C/C=C/CC1CCC(c2ccc(C(F)(F)Oc3cc(F)c(C#N)c(F)c3)c(F)c2)CC1. The number of ether oxygens (including phenoxy) is 1. The molecule has 0 bridgehead atoms. The van der Waals surface area contributed by atoms with Crippen LogP contribution in [-0.2, 0) is 6.11 Å². The van der Waals surface area contributed by atoms with Crippen molar-refractivity contribution >= 4 is 0 Å². The van der Waals surface area contributed by atoms with Gasteiger partial charge in [-0.3, -0.25) is 0 Å². The molecule has 31 heavy (non-hydrogen) atoms. The number of hydrogen-bond donors (Lipinski definition) is 0. The van der Waals surface area contributed by atoms with E-state index in [-0.39, 0.29) is 5.92 Å². The first-order valence-corrected chi connectivity index (χ1v) is 10.1. The Bertz CT molecular complexity index is 981. The topological polar surface area (TPSA) is 33.0 Å².